The lowest BCUT2D eigenvalue weighted by atomic mass is 10.1. The van der Waals surface area contributed by atoms with E-state index >= 15 is 0 Å². The van der Waals surface area contributed by atoms with Crippen LogP contribution >= 0.6 is 11.8 Å². The largest absolute Gasteiger partial charge is 0.337 e. The van der Waals surface area contributed by atoms with Crippen molar-refractivity contribution in [3.05, 3.63) is 108 Å². The van der Waals surface area contributed by atoms with E-state index in [9.17, 15) is 13.2 Å². The lowest BCUT2D eigenvalue weighted by molar-refractivity contribution is 0.246. The first-order valence-corrected chi connectivity index (χ1v) is 15.6. The highest BCUT2D eigenvalue weighted by Gasteiger charge is 2.21. The van der Waals surface area contributed by atoms with Gasteiger partial charge in [0.25, 0.3) is 10.0 Å². The van der Waals surface area contributed by atoms with Gasteiger partial charge in [-0.05, 0) is 73.9 Å². The van der Waals surface area contributed by atoms with Crippen LogP contribution in [0.5, 0.6) is 0 Å². The van der Waals surface area contributed by atoms with Crippen molar-refractivity contribution >= 4 is 39.0 Å². The number of carbonyl (C=O) groups excluding carboxylic acids is 1. The van der Waals surface area contributed by atoms with Gasteiger partial charge >= 0.3 is 6.03 Å². The summed E-state index contributed by atoms with van der Waals surface area (Å²) in [4.78, 5) is 23.6. The number of fused-ring (bicyclic) bond motifs is 1. The molecular weight excluding hydrogens is 555 g/mol. The van der Waals surface area contributed by atoms with Gasteiger partial charge in [0.05, 0.1) is 0 Å². The molecule has 0 radical (unpaired) electrons. The van der Waals surface area contributed by atoms with Crippen LogP contribution in [0.1, 0.15) is 29.6 Å². The fourth-order valence-electron chi connectivity index (χ4n) is 4.63. The number of imidazole rings is 1. The van der Waals surface area contributed by atoms with E-state index in [1.165, 1.54) is 17.8 Å². The van der Waals surface area contributed by atoms with Gasteiger partial charge in [0.1, 0.15) is 16.2 Å². The van der Waals surface area contributed by atoms with Gasteiger partial charge in [0.15, 0.2) is 5.65 Å². The van der Waals surface area contributed by atoms with E-state index < -0.39 is 16.1 Å². The summed E-state index contributed by atoms with van der Waals surface area (Å²) < 4.78 is 30.3. The average molecular weight is 586 g/mol. The Hall–Kier alpha value is -4.15. The lowest BCUT2D eigenvalue weighted by Crippen LogP contribution is -2.40. The monoisotopic (exact) mass is 585 g/mol. The predicted molar refractivity (Wildman–Crippen MR) is 162 cm³/mol. The Kier molecular flexibility index (Phi) is 8.41. The molecule has 0 spiro atoms. The van der Waals surface area contributed by atoms with Crippen molar-refractivity contribution in [2.75, 3.05) is 6.54 Å². The van der Waals surface area contributed by atoms with Crippen molar-refractivity contribution in [3.63, 3.8) is 0 Å². The topological polar surface area (TPSA) is 106 Å². The second-order valence-corrected chi connectivity index (χ2v) is 12.4. The number of sulfonamides is 1. The number of benzene rings is 3. The Labute approximate surface area is 244 Å². The Morgan fingerprint density at radius 1 is 0.927 bits per heavy atom. The van der Waals surface area contributed by atoms with E-state index in [1.54, 1.807) is 18.2 Å². The quantitative estimate of drug-likeness (QED) is 0.220. The minimum atomic E-state index is -4.06. The minimum absolute atomic E-state index is 0.0537. The average Bonchev–Trinajstić information content (AvgIpc) is 3.33. The Morgan fingerprint density at radius 2 is 1.63 bits per heavy atom. The molecule has 210 valence electrons. The van der Waals surface area contributed by atoms with E-state index in [0.29, 0.717) is 11.3 Å². The maximum atomic E-state index is 13.0. The molecule has 8 nitrogen and oxygen atoms in total. The zero-order chi connectivity index (χ0) is 29.0. The molecule has 5 rings (SSSR count). The van der Waals surface area contributed by atoms with Gasteiger partial charge in [-0.2, -0.15) is 0 Å². The van der Waals surface area contributed by atoms with Crippen molar-refractivity contribution in [2.45, 2.75) is 48.3 Å². The van der Waals surface area contributed by atoms with E-state index in [4.69, 9.17) is 9.97 Å². The number of urea groups is 1. The maximum Gasteiger partial charge on any atom is 0.328 e. The Balaban J connectivity index is 1.22. The van der Waals surface area contributed by atoms with E-state index in [2.05, 4.69) is 21.5 Å². The number of amides is 2. The standard InChI is InChI=1S/C31H31N5O3S2/c1-4-28-34-29-21(2)20-22(3)33-30(29)36(28)24-16-14-23(15-17-24)18-19-32-31(37)35-41(38,39)27-13-9-8-12-26(27)40-25-10-6-5-7-11-25/h5-17,20H,4,18-19H2,1-3H3,(H2,32,35,37). The van der Waals surface area contributed by atoms with Crippen molar-refractivity contribution < 1.29 is 13.2 Å². The number of carbonyl (C=O) groups is 1. The van der Waals surface area contributed by atoms with Gasteiger partial charge in [-0.1, -0.05) is 61.2 Å². The molecule has 0 aliphatic heterocycles. The zero-order valence-corrected chi connectivity index (χ0v) is 24.7. The highest BCUT2D eigenvalue weighted by molar-refractivity contribution is 8.00. The summed E-state index contributed by atoms with van der Waals surface area (Å²) in [6.07, 6.45) is 1.31. The summed E-state index contributed by atoms with van der Waals surface area (Å²) in [7, 11) is -4.06. The van der Waals surface area contributed by atoms with Crippen LogP contribution in [-0.4, -0.2) is 35.5 Å². The normalized spacial score (nSPS) is 11.5. The SMILES string of the molecule is CCc1nc2c(C)cc(C)nc2n1-c1ccc(CCNC(=O)NS(=O)(=O)c2ccccc2Sc2ccccc2)cc1. The molecular formula is C31H31N5O3S2. The molecule has 2 N–H and O–H groups in total. The summed E-state index contributed by atoms with van der Waals surface area (Å²) in [5.41, 5.74) is 5.76. The second kappa shape index (κ2) is 12.2. The fourth-order valence-corrected chi connectivity index (χ4v) is 6.96. The summed E-state index contributed by atoms with van der Waals surface area (Å²) in [6, 6.07) is 25.4. The molecule has 0 saturated heterocycles. The molecule has 0 fully saturated rings. The first-order valence-electron chi connectivity index (χ1n) is 13.3. The number of aryl methyl sites for hydroxylation is 3. The molecule has 0 aliphatic carbocycles. The number of nitrogens with one attached hydrogen (secondary N) is 2. The first kappa shape index (κ1) is 28.4. The van der Waals surface area contributed by atoms with Crippen LogP contribution in [0.3, 0.4) is 0 Å². The molecule has 2 aromatic heterocycles. The molecule has 0 aliphatic rings. The number of nitrogens with zero attached hydrogens (tertiary/aromatic N) is 3. The van der Waals surface area contributed by atoms with Crippen LogP contribution < -0.4 is 10.0 Å². The highest BCUT2D eigenvalue weighted by atomic mass is 32.2. The van der Waals surface area contributed by atoms with Crippen LogP contribution in [0, 0.1) is 13.8 Å². The molecule has 10 heteroatoms. The Bertz CT molecular complexity index is 1800. The number of hydrogen-bond acceptors (Lipinski definition) is 6. The molecule has 0 saturated carbocycles. The van der Waals surface area contributed by atoms with E-state index in [0.717, 1.165) is 50.8 Å². The van der Waals surface area contributed by atoms with Crippen LogP contribution in [0.4, 0.5) is 4.79 Å². The molecule has 2 heterocycles. The summed E-state index contributed by atoms with van der Waals surface area (Å²) in [5.74, 6) is 0.942. The molecule has 0 unspecified atom stereocenters. The highest BCUT2D eigenvalue weighted by Crippen LogP contribution is 2.32. The van der Waals surface area contributed by atoms with Gasteiger partial charge < -0.3 is 5.32 Å². The zero-order valence-electron chi connectivity index (χ0n) is 23.1. The number of hydrogen-bond donors (Lipinski definition) is 2. The summed E-state index contributed by atoms with van der Waals surface area (Å²) in [5, 5.41) is 2.66. The molecule has 0 bridgehead atoms. The summed E-state index contributed by atoms with van der Waals surface area (Å²) >= 11 is 1.33. The maximum absolute atomic E-state index is 13.0. The van der Waals surface area contributed by atoms with Gasteiger partial charge in [-0.15, -0.1) is 0 Å². The van der Waals surface area contributed by atoms with Crippen LogP contribution in [0.15, 0.2) is 99.6 Å². The third-order valence-electron chi connectivity index (χ3n) is 6.55. The van der Waals surface area contributed by atoms with Crippen LogP contribution in [-0.2, 0) is 22.9 Å². The molecule has 5 aromatic rings. The molecule has 3 aromatic carbocycles. The van der Waals surface area contributed by atoms with E-state index in [1.807, 2.05) is 74.5 Å². The fraction of sp³-hybridized carbons (Fsp3) is 0.194. The first-order chi connectivity index (χ1) is 19.7. The smallest absolute Gasteiger partial charge is 0.328 e. The lowest BCUT2D eigenvalue weighted by Gasteiger charge is -2.12. The minimum Gasteiger partial charge on any atom is -0.337 e. The van der Waals surface area contributed by atoms with Gasteiger partial charge in [0.2, 0.25) is 0 Å². The number of pyridine rings is 1. The van der Waals surface area contributed by atoms with Crippen molar-refractivity contribution in [1.29, 1.82) is 0 Å². The number of rotatable bonds is 9. The van der Waals surface area contributed by atoms with Gasteiger partial charge in [0, 0.05) is 34.1 Å². The second-order valence-electron chi connectivity index (χ2n) is 9.61. The van der Waals surface area contributed by atoms with Crippen molar-refractivity contribution in [3.8, 4) is 5.69 Å². The third-order valence-corrected chi connectivity index (χ3v) is 9.15. The van der Waals surface area contributed by atoms with Gasteiger partial charge in [-0.3, -0.25) is 4.57 Å². The van der Waals surface area contributed by atoms with Crippen molar-refractivity contribution in [2.24, 2.45) is 0 Å². The Morgan fingerprint density at radius 3 is 2.37 bits per heavy atom. The van der Waals surface area contributed by atoms with Crippen LogP contribution in [0.25, 0.3) is 16.9 Å². The van der Waals surface area contributed by atoms with E-state index in [-0.39, 0.29) is 11.4 Å². The summed E-state index contributed by atoms with van der Waals surface area (Å²) in [6.45, 7) is 6.38. The third kappa shape index (κ3) is 6.44. The predicted octanol–water partition coefficient (Wildman–Crippen LogP) is 5.98. The van der Waals surface area contributed by atoms with Crippen molar-refractivity contribution in [1.82, 2.24) is 24.6 Å². The van der Waals surface area contributed by atoms with Gasteiger partial charge in [-0.25, -0.2) is 27.9 Å². The van der Waals surface area contributed by atoms with Crippen LogP contribution in [0.2, 0.25) is 0 Å². The number of aromatic nitrogens is 3. The molecule has 0 atom stereocenters. The molecule has 41 heavy (non-hydrogen) atoms. The molecule has 2 amide bonds.